The number of nitrogens with zero attached hydrogens (tertiary/aromatic N) is 3. The lowest BCUT2D eigenvalue weighted by Gasteiger charge is -2.41. The number of likely N-dealkylation sites (N-methyl/N-ethyl adjacent to an activating group) is 1. The van der Waals surface area contributed by atoms with E-state index in [1.165, 1.54) is 28.3 Å². The molecule has 1 atom stereocenters. The van der Waals surface area contributed by atoms with Gasteiger partial charge in [-0.25, -0.2) is 0 Å². The van der Waals surface area contributed by atoms with Gasteiger partial charge >= 0.3 is 0 Å². The molecule has 2 aliphatic rings. The van der Waals surface area contributed by atoms with Gasteiger partial charge in [0.05, 0.1) is 19.4 Å². The number of fused-ring (bicyclic) bond motifs is 1. The van der Waals surface area contributed by atoms with Crippen LogP contribution >= 0.6 is 0 Å². The number of amides is 3. The number of rotatable bonds is 5. The molecule has 0 aromatic carbocycles. The summed E-state index contributed by atoms with van der Waals surface area (Å²) in [4.78, 5) is 40.0. The van der Waals surface area contributed by atoms with E-state index in [0.717, 1.165) is 25.7 Å². The summed E-state index contributed by atoms with van der Waals surface area (Å²) in [5, 5.41) is 10.1. The zero-order valence-electron chi connectivity index (χ0n) is 17.3. The Morgan fingerprint density at radius 2 is 2.07 bits per heavy atom. The van der Waals surface area contributed by atoms with Gasteiger partial charge in [-0.15, -0.1) is 0 Å². The predicted molar refractivity (Wildman–Crippen MR) is 108 cm³/mol. The summed E-state index contributed by atoms with van der Waals surface area (Å²) in [6.07, 6.45) is 6.87. The molecule has 0 spiro atoms. The second-order valence-corrected chi connectivity index (χ2v) is 8.28. The molecule has 2 aromatic rings. The van der Waals surface area contributed by atoms with Crippen molar-refractivity contribution in [2.75, 3.05) is 7.05 Å². The number of carbonyl (C=O) groups excluding carboxylic acids is 3. The first-order chi connectivity index (χ1) is 14.4. The van der Waals surface area contributed by atoms with Gasteiger partial charge in [-0.05, 0) is 31.9 Å². The molecule has 2 N–H and O–H groups in total. The standard InChI is InChI=1S/C21H27N5O4/c1-21(20(29)23-14-7-4-3-5-8-14)13-26-17(19(28)25(21)2)11-16(24-26)18(27)22-12-15-9-6-10-30-15/h6,9-11,14H,3-5,7-8,12-13H2,1-2H3,(H,22,27)(H,23,29). The highest BCUT2D eigenvalue weighted by Gasteiger charge is 2.46. The summed E-state index contributed by atoms with van der Waals surface area (Å²) in [6.45, 7) is 2.16. The van der Waals surface area contributed by atoms with Crippen LogP contribution in [0.5, 0.6) is 0 Å². The van der Waals surface area contributed by atoms with Crippen molar-refractivity contribution >= 4 is 17.7 Å². The lowest BCUT2D eigenvalue weighted by molar-refractivity contribution is -0.133. The number of hydrogen-bond donors (Lipinski definition) is 2. The van der Waals surface area contributed by atoms with Crippen molar-refractivity contribution in [2.24, 2.45) is 0 Å². The molecule has 9 heteroatoms. The van der Waals surface area contributed by atoms with Crippen LogP contribution in [-0.2, 0) is 17.9 Å². The molecule has 1 saturated carbocycles. The van der Waals surface area contributed by atoms with Gasteiger partial charge in [0.1, 0.15) is 17.0 Å². The zero-order chi connectivity index (χ0) is 21.3. The van der Waals surface area contributed by atoms with Crippen LogP contribution in [0.3, 0.4) is 0 Å². The molecular weight excluding hydrogens is 386 g/mol. The summed E-state index contributed by atoms with van der Waals surface area (Å²) in [5.74, 6) is -0.303. The third-order valence-corrected chi connectivity index (χ3v) is 6.17. The molecule has 1 aliphatic heterocycles. The maximum atomic E-state index is 13.1. The highest BCUT2D eigenvalue weighted by atomic mass is 16.3. The summed E-state index contributed by atoms with van der Waals surface area (Å²) in [7, 11) is 1.62. The molecule has 4 rings (SSSR count). The summed E-state index contributed by atoms with van der Waals surface area (Å²) in [5.41, 5.74) is -0.644. The Kier molecular flexibility index (Phi) is 5.36. The van der Waals surface area contributed by atoms with Crippen molar-refractivity contribution in [3.63, 3.8) is 0 Å². The van der Waals surface area contributed by atoms with Crippen LogP contribution in [0.4, 0.5) is 0 Å². The summed E-state index contributed by atoms with van der Waals surface area (Å²) in [6, 6.07) is 5.11. The molecule has 160 valence electrons. The second-order valence-electron chi connectivity index (χ2n) is 8.28. The Hall–Kier alpha value is -3.10. The van der Waals surface area contributed by atoms with Crippen molar-refractivity contribution in [1.82, 2.24) is 25.3 Å². The lowest BCUT2D eigenvalue weighted by atomic mass is 9.92. The van der Waals surface area contributed by atoms with Crippen LogP contribution in [-0.4, -0.2) is 51.0 Å². The van der Waals surface area contributed by atoms with E-state index in [9.17, 15) is 14.4 Å². The molecule has 0 bridgehead atoms. The predicted octanol–water partition coefficient (Wildman–Crippen LogP) is 1.70. The highest BCUT2D eigenvalue weighted by Crippen LogP contribution is 2.27. The molecule has 1 fully saturated rings. The summed E-state index contributed by atoms with van der Waals surface area (Å²) >= 11 is 0. The van der Waals surface area contributed by atoms with Gasteiger partial charge in [0, 0.05) is 19.2 Å². The van der Waals surface area contributed by atoms with E-state index in [2.05, 4.69) is 15.7 Å². The molecule has 3 amide bonds. The Morgan fingerprint density at radius 3 is 2.77 bits per heavy atom. The second kappa shape index (κ2) is 7.97. The fourth-order valence-corrected chi connectivity index (χ4v) is 4.10. The zero-order valence-corrected chi connectivity index (χ0v) is 17.3. The minimum absolute atomic E-state index is 0.134. The topological polar surface area (TPSA) is 109 Å². The van der Waals surface area contributed by atoms with E-state index < -0.39 is 11.4 Å². The van der Waals surface area contributed by atoms with Crippen LogP contribution in [0.25, 0.3) is 0 Å². The maximum Gasteiger partial charge on any atom is 0.272 e. The SMILES string of the molecule is CN1C(=O)c2cc(C(=O)NCc3ccco3)nn2CC1(C)C(=O)NC1CCCCC1. The van der Waals surface area contributed by atoms with Gasteiger partial charge in [-0.3, -0.25) is 19.1 Å². The normalized spacial score (nSPS) is 21.9. The molecule has 1 aliphatic carbocycles. The number of aromatic nitrogens is 2. The van der Waals surface area contributed by atoms with Gasteiger partial charge in [0.2, 0.25) is 5.91 Å². The average Bonchev–Trinajstić information content (AvgIpc) is 3.41. The van der Waals surface area contributed by atoms with Gasteiger partial charge < -0.3 is 20.0 Å². The van der Waals surface area contributed by atoms with Crippen molar-refractivity contribution in [1.29, 1.82) is 0 Å². The number of carbonyl (C=O) groups is 3. The van der Waals surface area contributed by atoms with Crippen LogP contribution in [0.15, 0.2) is 28.9 Å². The Morgan fingerprint density at radius 1 is 1.30 bits per heavy atom. The van der Waals surface area contributed by atoms with Gasteiger partial charge in [0.15, 0.2) is 5.69 Å². The monoisotopic (exact) mass is 413 g/mol. The first-order valence-electron chi connectivity index (χ1n) is 10.4. The van der Waals surface area contributed by atoms with Crippen molar-refractivity contribution in [3.8, 4) is 0 Å². The summed E-state index contributed by atoms with van der Waals surface area (Å²) < 4.78 is 6.67. The minimum atomic E-state index is -1.07. The van der Waals surface area contributed by atoms with Gasteiger partial charge in [0.25, 0.3) is 11.8 Å². The third-order valence-electron chi connectivity index (χ3n) is 6.17. The largest absolute Gasteiger partial charge is 0.467 e. The quantitative estimate of drug-likeness (QED) is 0.775. The van der Waals surface area contributed by atoms with E-state index in [-0.39, 0.29) is 36.6 Å². The van der Waals surface area contributed by atoms with E-state index in [1.54, 1.807) is 26.1 Å². The molecule has 9 nitrogen and oxygen atoms in total. The van der Waals surface area contributed by atoms with E-state index in [1.807, 2.05) is 0 Å². The molecule has 0 radical (unpaired) electrons. The van der Waals surface area contributed by atoms with E-state index in [4.69, 9.17) is 4.42 Å². The van der Waals surface area contributed by atoms with Crippen molar-refractivity contribution in [3.05, 3.63) is 41.6 Å². The first-order valence-corrected chi connectivity index (χ1v) is 10.4. The maximum absolute atomic E-state index is 13.1. The number of nitrogens with one attached hydrogen (secondary N) is 2. The van der Waals surface area contributed by atoms with Crippen LogP contribution in [0.1, 0.15) is 65.8 Å². The molecular formula is C21H27N5O4. The number of furan rings is 1. The van der Waals surface area contributed by atoms with Crippen LogP contribution in [0, 0.1) is 0 Å². The molecule has 30 heavy (non-hydrogen) atoms. The van der Waals surface area contributed by atoms with Crippen molar-refractivity contribution in [2.45, 2.75) is 63.7 Å². The fraction of sp³-hybridized carbons (Fsp3) is 0.524. The van der Waals surface area contributed by atoms with Gasteiger partial charge in [-0.1, -0.05) is 19.3 Å². The van der Waals surface area contributed by atoms with E-state index >= 15 is 0 Å². The molecule has 3 heterocycles. The van der Waals surface area contributed by atoms with Crippen molar-refractivity contribution < 1.29 is 18.8 Å². The fourth-order valence-electron chi connectivity index (χ4n) is 4.10. The molecule has 2 aromatic heterocycles. The Bertz CT molecular complexity index is 945. The smallest absolute Gasteiger partial charge is 0.272 e. The third kappa shape index (κ3) is 3.71. The minimum Gasteiger partial charge on any atom is -0.467 e. The molecule has 0 saturated heterocycles. The van der Waals surface area contributed by atoms with Gasteiger partial charge in [-0.2, -0.15) is 5.10 Å². The average molecular weight is 413 g/mol. The Balaban J connectivity index is 1.49. The first kappa shape index (κ1) is 20.2. The number of hydrogen-bond acceptors (Lipinski definition) is 5. The lowest BCUT2D eigenvalue weighted by Crippen LogP contribution is -2.63. The highest BCUT2D eigenvalue weighted by molar-refractivity contribution is 6.01. The molecule has 1 unspecified atom stereocenters. The van der Waals surface area contributed by atoms with Crippen LogP contribution in [0.2, 0.25) is 0 Å². The Labute approximate surface area is 174 Å². The van der Waals surface area contributed by atoms with Crippen LogP contribution < -0.4 is 10.6 Å². The van der Waals surface area contributed by atoms with E-state index in [0.29, 0.717) is 11.5 Å².